The van der Waals surface area contributed by atoms with Gasteiger partial charge in [0.05, 0.1) is 12.8 Å². The number of rotatable bonds is 4. The van der Waals surface area contributed by atoms with Crippen molar-refractivity contribution in [2.24, 2.45) is 0 Å². The van der Waals surface area contributed by atoms with Crippen LogP contribution in [0.1, 0.15) is 25.3 Å². The van der Waals surface area contributed by atoms with Gasteiger partial charge >= 0.3 is 0 Å². The molecule has 0 aromatic carbocycles. The maximum absolute atomic E-state index is 10.5. The van der Waals surface area contributed by atoms with E-state index in [1.807, 2.05) is 13.1 Å². The molecule has 0 amide bonds. The van der Waals surface area contributed by atoms with Gasteiger partial charge in [0.1, 0.15) is 11.4 Å². The Hall–Kier alpha value is -1.13. The molecule has 0 bridgehead atoms. The number of hydrogen-bond donors (Lipinski definition) is 1. The van der Waals surface area contributed by atoms with Gasteiger partial charge in [-0.3, -0.25) is 4.98 Å². The Kier molecular flexibility index (Phi) is 3.64. The first kappa shape index (κ1) is 12.3. The monoisotopic (exact) mass is 236 g/mol. The van der Waals surface area contributed by atoms with Gasteiger partial charge in [-0.1, -0.05) is 6.92 Å². The van der Waals surface area contributed by atoms with Crippen LogP contribution >= 0.6 is 0 Å². The van der Waals surface area contributed by atoms with E-state index in [0.29, 0.717) is 13.2 Å². The van der Waals surface area contributed by atoms with Crippen LogP contribution in [0.2, 0.25) is 0 Å². The van der Waals surface area contributed by atoms with Crippen LogP contribution in [0.15, 0.2) is 18.5 Å². The zero-order chi connectivity index (χ0) is 12.3. The molecule has 1 atom stereocenters. The molecule has 1 aromatic rings. The zero-order valence-electron chi connectivity index (χ0n) is 10.5. The molecule has 1 fully saturated rings. The van der Waals surface area contributed by atoms with Crippen molar-refractivity contribution in [1.29, 1.82) is 0 Å². The molecule has 0 saturated carbocycles. The predicted molar refractivity (Wildman–Crippen MR) is 66.0 cm³/mol. The van der Waals surface area contributed by atoms with E-state index < -0.39 is 5.60 Å². The van der Waals surface area contributed by atoms with Gasteiger partial charge < -0.3 is 14.7 Å². The first-order valence-corrected chi connectivity index (χ1v) is 6.13. The second-order valence-corrected chi connectivity index (χ2v) is 4.78. The van der Waals surface area contributed by atoms with Crippen LogP contribution in [0.3, 0.4) is 0 Å². The van der Waals surface area contributed by atoms with Crippen molar-refractivity contribution < 1.29 is 9.84 Å². The van der Waals surface area contributed by atoms with E-state index in [4.69, 9.17) is 4.74 Å². The van der Waals surface area contributed by atoms with Crippen LogP contribution in [0.5, 0.6) is 5.75 Å². The van der Waals surface area contributed by atoms with Gasteiger partial charge in [-0.15, -0.1) is 0 Å². The van der Waals surface area contributed by atoms with Gasteiger partial charge in [0.25, 0.3) is 0 Å². The first-order valence-electron chi connectivity index (χ1n) is 6.13. The summed E-state index contributed by atoms with van der Waals surface area (Å²) in [7, 11) is 2.02. The molecule has 2 rings (SSSR count). The number of likely N-dealkylation sites (N-methyl/N-ethyl adjacent to an activating group) is 1. The Balaban J connectivity index is 2.15. The van der Waals surface area contributed by atoms with Crippen molar-refractivity contribution in [3.8, 4) is 5.75 Å². The standard InChI is InChI=1S/C13H20N2O2/c1-3-6-17-12-7-11(8-14-9-12)13(16)4-5-15(2)10-13/h7-9,16H,3-6,10H2,1-2H3. The SMILES string of the molecule is CCCOc1cncc(C2(O)CCN(C)C2)c1. The van der Waals surface area contributed by atoms with Crippen molar-refractivity contribution in [1.82, 2.24) is 9.88 Å². The molecule has 1 unspecified atom stereocenters. The molecule has 94 valence electrons. The number of aliphatic hydroxyl groups is 1. The summed E-state index contributed by atoms with van der Waals surface area (Å²) < 4.78 is 5.54. The molecule has 0 aliphatic carbocycles. The molecule has 4 nitrogen and oxygen atoms in total. The lowest BCUT2D eigenvalue weighted by Crippen LogP contribution is -2.29. The van der Waals surface area contributed by atoms with Gasteiger partial charge in [0, 0.05) is 24.8 Å². The predicted octanol–water partition coefficient (Wildman–Crippen LogP) is 1.39. The van der Waals surface area contributed by atoms with Crippen molar-refractivity contribution in [3.63, 3.8) is 0 Å². The minimum Gasteiger partial charge on any atom is -0.492 e. The molecule has 1 aliphatic heterocycles. The third-order valence-electron chi connectivity index (χ3n) is 3.16. The normalized spacial score (nSPS) is 25.1. The third-order valence-corrected chi connectivity index (χ3v) is 3.16. The van der Waals surface area contributed by atoms with E-state index in [0.717, 1.165) is 30.7 Å². The van der Waals surface area contributed by atoms with E-state index in [2.05, 4.69) is 16.8 Å². The summed E-state index contributed by atoms with van der Waals surface area (Å²) >= 11 is 0. The molecular formula is C13H20N2O2. The van der Waals surface area contributed by atoms with Gasteiger partial charge in [-0.05, 0) is 26.0 Å². The van der Waals surface area contributed by atoms with Crippen LogP contribution in [-0.4, -0.2) is 41.7 Å². The molecule has 1 saturated heterocycles. The first-order chi connectivity index (χ1) is 8.14. The lowest BCUT2D eigenvalue weighted by atomic mass is 9.94. The highest BCUT2D eigenvalue weighted by molar-refractivity contribution is 5.29. The van der Waals surface area contributed by atoms with E-state index in [9.17, 15) is 5.11 Å². The fourth-order valence-corrected chi connectivity index (χ4v) is 2.19. The number of ether oxygens (including phenoxy) is 1. The number of β-amino-alcohol motifs (C(OH)–C–C–N with tert-alkyl or cyclic N) is 1. The van der Waals surface area contributed by atoms with Crippen LogP contribution in [0.4, 0.5) is 0 Å². The van der Waals surface area contributed by atoms with E-state index in [-0.39, 0.29) is 0 Å². The summed E-state index contributed by atoms with van der Waals surface area (Å²) in [6, 6.07) is 1.90. The summed E-state index contributed by atoms with van der Waals surface area (Å²) in [6.45, 7) is 4.32. The van der Waals surface area contributed by atoms with Gasteiger partial charge in [-0.25, -0.2) is 0 Å². The molecule has 0 spiro atoms. The second-order valence-electron chi connectivity index (χ2n) is 4.78. The number of pyridine rings is 1. The molecule has 4 heteroatoms. The Morgan fingerprint density at radius 3 is 3.00 bits per heavy atom. The second kappa shape index (κ2) is 5.02. The van der Waals surface area contributed by atoms with Crippen molar-refractivity contribution in [3.05, 3.63) is 24.0 Å². The van der Waals surface area contributed by atoms with Crippen LogP contribution in [-0.2, 0) is 5.60 Å². The minimum atomic E-state index is -0.771. The van der Waals surface area contributed by atoms with Crippen molar-refractivity contribution in [2.75, 3.05) is 26.7 Å². The number of hydrogen-bond acceptors (Lipinski definition) is 4. The Labute approximate surface area is 102 Å². The highest BCUT2D eigenvalue weighted by Gasteiger charge is 2.36. The fraction of sp³-hybridized carbons (Fsp3) is 0.615. The summed E-state index contributed by atoms with van der Waals surface area (Å²) in [4.78, 5) is 6.27. The topological polar surface area (TPSA) is 45.6 Å². The average molecular weight is 236 g/mol. The largest absolute Gasteiger partial charge is 0.492 e. The Bertz CT molecular complexity index is 383. The van der Waals surface area contributed by atoms with E-state index in [1.54, 1.807) is 12.4 Å². The van der Waals surface area contributed by atoms with Crippen LogP contribution in [0, 0.1) is 0 Å². The average Bonchev–Trinajstić information content (AvgIpc) is 2.68. The van der Waals surface area contributed by atoms with Crippen molar-refractivity contribution in [2.45, 2.75) is 25.4 Å². The summed E-state index contributed by atoms with van der Waals surface area (Å²) in [5, 5.41) is 10.5. The molecule has 1 aromatic heterocycles. The highest BCUT2D eigenvalue weighted by atomic mass is 16.5. The van der Waals surface area contributed by atoms with Crippen molar-refractivity contribution >= 4 is 0 Å². The molecule has 0 radical (unpaired) electrons. The van der Waals surface area contributed by atoms with Crippen LogP contribution < -0.4 is 4.74 Å². The van der Waals surface area contributed by atoms with Crippen LogP contribution in [0.25, 0.3) is 0 Å². The lowest BCUT2D eigenvalue weighted by Gasteiger charge is -2.23. The minimum absolute atomic E-state index is 0.659. The fourth-order valence-electron chi connectivity index (χ4n) is 2.19. The summed E-state index contributed by atoms with van der Waals surface area (Å²) in [5.74, 6) is 0.743. The third kappa shape index (κ3) is 2.76. The Morgan fingerprint density at radius 1 is 1.53 bits per heavy atom. The zero-order valence-corrected chi connectivity index (χ0v) is 10.5. The number of nitrogens with zero attached hydrogens (tertiary/aromatic N) is 2. The molecule has 1 N–H and O–H groups in total. The molecule has 17 heavy (non-hydrogen) atoms. The van der Waals surface area contributed by atoms with Gasteiger partial charge in [0.2, 0.25) is 0 Å². The van der Waals surface area contributed by atoms with E-state index in [1.165, 1.54) is 0 Å². The molecule has 1 aliphatic rings. The van der Waals surface area contributed by atoms with Gasteiger partial charge in [-0.2, -0.15) is 0 Å². The molecule has 2 heterocycles. The smallest absolute Gasteiger partial charge is 0.137 e. The Morgan fingerprint density at radius 2 is 2.35 bits per heavy atom. The lowest BCUT2D eigenvalue weighted by molar-refractivity contribution is 0.0482. The summed E-state index contributed by atoms with van der Waals surface area (Å²) in [5.41, 5.74) is 0.0864. The number of likely N-dealkylation sites (tertiary alicyclic amines) is 1. The highest BCUT2D eigenvalue weighted by Crippen LogP contribution is 2.32. The maximum atomic E-state index is 10.5. The summed E-state index contributed by atoms with van der Waals surface area (Å²) in [6.07, 6.45) is 5.15. The maximum Gasteiger partial charge on any atom is 0.137 e. The molecular weight excluding hydrogens is 216 g/mol. The van der Waals surface area contributed by atoms with E-state index >= 15 is 0 Å². The quantitative estimate of drug-likeness (QED) is 0.858. The number of aromatic nitrogens is 1. The van der Waals surface area contributed by atoms with Gasteiger partial charge in [0.15, 0.2) is 0 Å².